The Morgan fingerprint density at radius 2 is 1.13 bits per heavy atom. The molecule has 7 aromatic rings. The number of aromatic nitrogens is 6. The second-order valence-electron chi connectivity index (χ2n) is 18.1. The van der Waals surface area contributed by atoms with Gasteiger partial charge < -0.3 is 29.1 Å². The number of benzene rings is 3. The van der Waals surface area contributed by atoms with Crippen LogP contribution in [0.1, 0.15) is 74.4 Å². The first-order valence-corrected chi connectivity index (χ1v) is 25.5. The summed E-state index contributed by atoms with van der Waals surface area (Å²) in [6, 6.07) is 16.0. The van der Waals surface area contributed by atoms with Gasteiger partial charge in [0.2, 0.25) is 10.9 Å². The molecule has 2 unspecified atom stereocenters. The predicted molar refractivity (Wildman–Crippen MR) is 268 cm³/mol. The largest absolute Gasteiger partial charge is 0.502 e. The van der Waals surface area contributed by atoms with Crippen molar-refractivity contribution >= 4 is 34.5 Å². The molecule has 4 aromatic heterocycles. The van der Waals surface area contributed by atoms with Gasteiger partial charge in [-0.25, -0.2) is 17.6 Å². The van der Waals surface area contributed by atoms with E-state index in [0.717, 1.165) is 46.4 Å². The first kappa shape index (κ1) is 51.0. The summed E-state index contributed by atoms with van der Waals surface area (Å²) in [7, 11) is 3.62. The Balaban J connectivity index is 0.000000174. The van der Waals surface area contributed by atoms with Crippen LogP contribution in [-0.2, 0) is 28.9 Å². The van der Waals surface area contributed by atoms with Crippen molar-refractivity contribution in [3.8, 4) is 32.6 Å². The van der Waals surface area contributed by atoms with Gasteiger partial charge in [0.25, 0.3) is 11.8 Å². The fourth-order valence-corrected chi connectivity index (χ4v) is 11.8. The van der Waals surface area contributed by atoms with E-state index in [0.29, 0.717) is 60.8 Å². The number of nitrogens with zero attached hydrogens (tertiary/aromatic N) is 10. The number of rotatable bonds is 11. The molecule has 18 nitrogen and oxygen atoms in total. The van der Waals surface area contributed by atoms with Crippen molar-refractivity contribution < 1.29 is 46.5 Å². The van der Waals surface area contributed by atoms with Crippen LogP contribution in [0.15, 0.2) is 88.7 Å². The summed E-state index contributed by atoms with van der Waals surface area (Å²) in [6.07, 6.45) is 4.35. The van der Waals surface area contributed by atoms with Crippen LogP contribution in [0.4, 0.5) is 17.6 Å². The zero-order valence-corrected chi connectivity index (χ0v) is 42.5. The Morgan fingerprint density at radius 3 is 1.60 bits per heavy atom. The summed E-state index contributed by atoms with van der Waals surface area (Å²) >= 11 is 2.17. The molecule has 0 radical (unpaired) electrons. The van der Waals surface area contributed by atoms with Crippen molar-refractivity contribution in [2.75, 3.05) is 63.6 Å². The molecular weight excluding hydrogens is 1020 g/mol. The van der Waals surface area contributed by atoms with Gasteiger partial charge in [0.05, 0.1) is 37.6 Å². The maximum atomic E-state index is 14.3. The van der Waals surface area contributed by atoms with E-state index in [1.807, 2.05) is 56.2 Å². The van der Waals surface area contributed by atoms with Gasteiger partial charge in [-0.05, 0) is 42.7 Å². The third-order valence-electron chi connectivity index (χ3n) is 14.0. The highest BCUT2D eigenvalue weighted by Crippen LogP contribution is 2.39. The Morgan fingerprint density at radius 1 is 0.653 bits per heavy atom. The summed E-state index contributed by atoms with van der Waals surface area (Å²) < 4.78 is 75.4. The second kappa shape index (κ2) is 20.3. The monoisotopic (exact) mass is 1070 g/mol. The molecule has 0 aliphatic carbocycles. The van der Waals surface area contributed by atoms with Crippen LogP contribution in [0.25, 0.3) is 21.1 Å². The van der Waals surface area contributed by atoms with Crippen molar-refractivity contribution in [3.05, 3.63) is 161 Å². The molecule has 11 rings (SSSR count). The molecule has 8 heterocycles. The quantitative estimate of drug-likeness (QED) is 0.147. The number of hydrogen-bond acceptors (Lipinski definition) is 16. The van der Waals surface area contributed by atoms with E-state index in [9.17, 15) is 41.8 Å². The first-order chi connectivity index (χ1) is 36.1. The minimum Gasteiger partial charge on any atom is -0.502 e. The van der Waals surface area contributed by atoms with Crippen LogP contribution in [-0.4, -0.2) is 121 Å². The number of pyridine rings is 2. The molecule has 2 amide bonds. The van der Waals surface area contributed by atoms with E-state index in [1.165, 1.54) is 29.1 Å². The van der Waals surface area contributed by atoms with Gasteiger partial charge >= 0.3 is 0 Å². The Labute approximate surface area is 433 Å². The second-order valence-corrected chi connectivity index (χ2v) is 20.2. The van der Waals surface area contributed by atoms with Gasteiger partial charge in [-0.2, -0.15) is 0 Å². The molecule has 390 valence electrons. The van der Waals surface area contributed by atoms with Crippen molar-refractivity contribution in [2.24, 2.45) is 0 Å². The minimum absolute atomic E-state index is 0.0586. The van der Waals surface area contributed by atoms with Gasteiger partial charge in [0, 0.05) is 77.4 Å². The molecule has 4 aliphatic rings. The molecule has 24 heteroatoms. The topological polar surface area (TPSA) is 191 Å². The van der Waals surface area contributed by atoms with Gasteiger partial charge in [-0.15, -0.1) is 20.4 Å². The van der Waals surface area contributed by atoms with E-state index in [-0.39, 0.29) is 76.4 Å². The highest BCUT2D eigenvalue weighted by atomic mass is 32.1. The molecule has 0 saturated carbocycles. The lowest BCUT2D eigenvalue weighted by atomic mass is 10.0. The zero-order chi connectivity index (χ0) is 52.9. The molecule has 2 spiro atoms. The van der Waals surface area contributed by atoms with E-state index in [1.54, 1.807) is 32.7 Å². The highest BCUT2D eigenvalue weighted by molar-refractivity contribution is 7.15. The predicted octanol–water partition coefficient (Wildman–Crippen LogP) is 6.08. The smallest absolute Gasteiger partial charge is 0.278 e. The SMILES string of the molecule is CCN1C(=O)c2c(O)c(=O)c(-c3nnc(Cc4ccc(F)cc4F)s3)cn2N(C)C12CCOC2.CCN1C(=O)c2c(OCc3ccccc3)c(=O)c(-c3nnc(Cc4ccc(F)cc4F)s3)cn2N(C)C12CCOC2. The number of carbonyl (C=O) groups excluding carboxylic acids is 2. The maximum absolute atomic E-state index is 14.3. The van der Waals surface area contributed by atoms with Gasteiger partial charge in [0.1, 0.15) is 39.9 Å². The van der Waals surface area contributed by atoms with Crippen LogP contribution < -0.4 is 25.6 Å². The van der Waals surface area contributed by atoms with E-state index in [4.69, 9.17) is 14.2 Å². The maximum Gasteiger partial charge on any atom is 0.278 e. The molecule has 4 aliphatic heterocycles. The van der Waals surface area contributed by atoms with E-state index >= 15 is 0 Å². The minimum atomic E-state index is -0.752. The third kappa shape index (κ3) is 8.97. The molecule has 75 heavy (non-hydrogen) atoms. The molecule has 2 atom stereocenters. The average Bonchev–Trinajstić information content (AvgIpc) is 4.26. The fourth-order valence-electron chi connectivity index (χ4n) is 10.0. The fraction of sp³-hybridized carbons (Fsp3) is 0.333. The average molecular weight is 1070 g/mol. The Hall–Kier alpha value is -7.54. The number of hydrogen-bond donors (Lipinski definition) is 1. The Bertz CT molecular complexity index is 3470. The van der Waals surface area contributed by atoms with Crippen molar-refractivity contribution in [1.29, 1.82) is 0 Å². The molecule has 0 bridgehead atoms. The third-order valence-corrected chi connectivity index (χ3v) is 15.9. The summed E-state index contributed by atoms with van der Waals surface area (Å²) in [4.78, 5) is 57.6. The number of amides is 2. The standard InChI is InChI=1S/C29H27F2N5O4S.C22H21F2N5O4S/c1-3-35-28(38)24-26(40-16-18-7-5-4-6-8-18)25(37)21(15-36(24)34(2)29(35)11-12-39-17-29)27-33-32-23(41-27)13-19-9-10-20(30)14-22(19)31;1-3-28-21(32)17-19(31)18(30)14(10-29(17)27(2)22(28)6-7-33-11-22)20-26-25-16(34-20)8-12-4-5-13(23)9-15(12)24/h4-10,14-15H,3,11-13,16-17H2,1-2H3;4-5,9-10,31H,3,6-8,11H2,1-2H3. The van der Waals surface area contributed by atoms with E-state index < -0.39 is 57.1 Å². The number of halogens is 4. The number of likely N-dealkylation sites (N-methyl/N-ethyl adjacent to an activating group) is 4. The molecule has 3 aromatic carbocycles. The summed E-state index contributed by atoms with van der Waals surface area (Å²) in [5, 5.41) is 32.3. The molecular formula is C51H48F4N10O8S2. The van der Waals surface area contributed by atoms with Crippen LogP contribution in [0.2, 0.25) is 0 Å². The lowest BCUT2D eigenvalue weighted by Crippen LogP contribution is -2.69. The van der Waals surface area contributed by atoms with Crippen LogP contribution in [0, 0.1) is 23.3 Å². The first-order valence-electron chi connectivity index (χ1n) is 23.8. The van der Waals surface area contributed by atoms with Crippen molar-refractivity contribution in [3.63, 3.8) is 0 Å². The van der Waals surface area contributed by atoms with Crippen LogP contribution in [0.3, 0.4) is 0 Å². The van der Waals surface area contributed by atoms with Crippen molar-refractivity contribution in [1.82, 2.24) is 39.5 Å². The number of carbonyl (C=O) groups is 2. The van der Waals surface area contributed by atoms with Gasteiger partial charge in [0.15, 0.2) is 44.2 Å². The highest BCUT2D eigenvalue weighted by Gasteiger charge is 2.53. The lowest BCUT2D eigenvalue weighted by Gasteiger charge is -2.51. The number of ether oxygens (including phenoxy) is 3. The lowest BCUT2D eigenvalue weighted by molar-refractivity contribution is 0.0240. The molecule has 2 saturated heterocycles. The van der Waals surface area contributed by atoms with Gasteiger partial charge in [-0.3, -0.25) is 38.5 Å². The summed E-state index contributed by atoms with van der Waals surface area (Å²) in [5.74, 6) is -4.28. The molecule has 1 N–H and O–H groups in total. The zero-order valence-electron chi connectivity index (χ0n) is 40.9. The number of fused-ring (bicyclic) bond motifs is 2. The van der Waals surface area contributed by atoms with Crippen LogP contribution >= 0.6 is 22.7 Å². The molecule has 2 fully saturated rings. The normalized spacial score (nSPS) is 19.0. The number of aromatic hydroxyl groups is 1. The summed E-state index contributed by atoms with van der Waals surface area (Å²) in [6.45, 7) is 6.17. The van der Waals surface area contributed by atoms with Crippen molar-refractivity contribution in [2.45, 2.75) is 57.5 Å². The van der Waals surface area contributed by atoms with E-state index in [2.05, 4.69) is 20.4 Å². The Kier molecular flexibility index (Phi) is 13.8. The van der Waals surface area contributed by atoms with Crippen LogP contribution in [0.5, 0.6) is 11.5 Å². The van der Waals surface area contributed by atoms with Gasteiger partial charge in [-0.1, -0.05) is 65.1 Å². The summed E-state index contributed by atoms with van der Waals surface area (Å²) in [5.41, 5.74) is -1.15.